The maximum atomic E-state index is 13.3. The Morgan fingerprint density at radius 2 is 1.92 bits per heavy atom. The zero-order chi connectivity index (χ0) is 27.9. The molecular formula is C27H27N3O8. The number of cyclic esters (lactones) is 1. The van der Waals surface area contributed by atoms with E-state index in [2.05, 4.69) is 4.98 Å². The number of aromatic nitrogens is 2. The van der Waals surface area contributed by atoms with Crippen LogP contribution in [0.4, 0.5) is 5.69 Å². The normalized spacial score (nSPS) is 15.7. The van der Waals surface area contributed by atoms with Crippen molar-refractivity contribution in [2.45, 2.75) is 59.5 Å². The molecule has 0 saturated heterocycles. The molecule has 11 nitrogen and oxygen atoms in total. The van der Waals surface area contributed by atoms with E-state index in [0.29, 0.717) is 22.0 Å². The van der Waals surface area contributed by atoms with E-state index >= 15 is 0 Å². The molecule has 5 rings (SSSR count). The van der Waals surface area contributed by atoms with Gasteiger partial charge in [-0.1, -0.05) is 32.0 Å². The fourth-order valence-electron chi connectivity index (χ4n) is 4.60. The van der Waals surface area contributed by atoms with E-state index in [-0.39, 0.29) is 29.1 Å². The number of aliphatic hydroxyl groups is 1. The Hall–Kier alpha value is -4.38. The molecule has 2 aliphatic rings. The number of nitrogens with zero attached hydrogens (tertiary/aromatic N) is 3. The van der Waals surface area contributed by atoms with Gasteiger partial charge in [0.25, 0.3) is 5.56 Å². The van der Waals surface area contributed by atoms with Gasteiger partial charge in [0, 0.05) is 17.0 Å². The number of benzene rings is 1. The lowest BCUT2D eigenvalue weighted by atomic mass is 9.96. The Morgan fingerprint density at radius 1 is 1.24 bits per heavy atom. The molecule has 2 aromatic heterocycles. The molecule has 1 atom stereocenters. The summed E-state index contributed by atoms with van der Waals surface area (Å²) in [6, 6.07) is 7.03. The van der Waals surface area contributed by atoms with Crippen molar-refractivity contribution in [3.8, 4) is 11.4 Å². The molecule has 38 heavy (non-hydrogen) atoms. The molecule has 198 valence electrons. The van der Waals surface area contributed by atoms with Crippen LogP contribution >= 0.6 is 0 Å². The largest absolute Gasteiger partial charge is 0.458 e. The molecular weight excluding hydrogens is 494 g/mol. The number of esters is 2. The Labute approximate surface area is 217 Å². The number of carbonyl (C=O) groups is 2. The summed E-state index contributed by atoms with van der Waals surface area (Å²) in [5.41, 5.74) is -0.857. The third-order valence-corrected chi connectivity index (χ3v) is 5.99. The molecule has 0 saturated carbocycles. The van der Waals surface area contributed by atoms with E-state index in [1.165, 1.54) is 10.6 Å². The monoisotopic (exact) mass is 521 g/mol. The summed E-state index contributed by atoms with van der Waals surface area (Å²) in [6.45, 7) is 8.68. The first-order chi connectivity index (χ1) is 18.0. The number of aliphatic hydroxyl groups excluding tert-OH is 1. The van der Waals surface area contributed by atoms with Gasteiger partial charge in [-0.25, -0.2) is 14.6 Å². The third-order valence-electron chi connectivity index (χ3n) is 5.99. The average Bonchev–Trinajstić information content (AvgIpc) is 3.23. The van der Waals surface area contributed by atoms with Crippen molar-refractivity contribution < 1.29 is 29.1 Å². The summed E-state index contributed by atoms with van der Waals surface area (Å²) in [7, 11) is 0. The number of rotatable bonds is 3. The topological polar surface area (TPSA) is 151 Å². The van der Waals surface area contributed by atoms with Crippen molar-refractivity contribution in [2.75, 3.05) is 0 Å². The van der Waals surface area contributed by atoms with Crippen LogP contribution in [-0.2, 0) is 32.2 Å². The highest BCUT2D eigenvalue weighted by Gasteiger charge is 2.43. The first kappa shape index (κ1) is 26.7. The first-order valence-electron chi connectivity index (χ1n) is 12.1. The Morgan fingerprint density at radius 3 is 2.58 bits per heavy atom. The van der Waals surface area contributed by atoms with Crippen molar-refractivity contribution in [1.29, 1.82) is 0 Å². The fraction of sp³-hybridized carbons (Fsp3) is 0.333. The van der Waals surface area contributed by atoms with Crippen molar-refractivity contribution in [3.63, 3.8) is 0 Å². The fourth-order valence-corrected chi connectivity index (χ4v) is 4.60. The van der Waals surface area contributed by atoms with Crippen molar-refractivity contribution in [1.82, 2.24) is 9.55 Å². The summed E-state index contributed by atoms with van der Waals surface area (Å²) < 4.78 is 11.4. The highest BCUT2D eigenvalue weighted by molar-refractivity contribution is 5.98. The average molecular weight is 522 g/mol. The molecule has 2 aliphatic heterocycles. The smallest absolute Gasteiger partial charge is 0.340 e. The second-order valence-corrected chi connectivity index (χ2v) is 9.48. The van der Waals surface area contributed by atoms with Crippen LogP contribution in [-0.4, -0.2) is 37.1 Å². The number of hydrogen-bond donors (Lipinski definition) is 1. The summed E-state index contributed by atoms with van der Waals surface area (Å²) >= 11 is 0. The minimum atomic E-state index is -1.97. The van der Waals surface area contributed by atoms with E-state index in [1.54, 1.807) is 51.1 Å². The van der Waals surface area contributed by atoms with Gasteiger partial charge < -0.3 is 14.6 Å². The molecule has 3 aromatic rings. The van der Waals surface area contributed by atoms with Crippen LogP contribution in [0.15, 0.2) is 35.1 Å². The molecule has 1 aromatic carbocycles. The van der Waals surface area contributed by atoms with Crippen LogP contribution in [0.1, 0.15) is 63.0 Å². The molecule has 0 spiro atoms. The highest BCUT2D eigenvalue weighted by atomic mass is 16.6. The van der Waals surface area contributed by atoms with Gasteiger partial charge >= 0.3 is 17.6 Å². The highest BCUT2D eigenvalue weighted by Crippen LogP contribution is 2.44. The number of carbonyl (C=O) groups excluding carboxylic acids is 2. The summed E-state index contributed by atoms with van der Waals surface area (Å²) in [5.74, 6) is -1.65. The van der Waals surface area contributed by atoms with Crippen LogP contribution in [0.2, 0.25) is 0 Å². The maximum Gasteiger partial charge on any atom is 0.340 e. The minimum absolute atomic E-state index is 0.0620. The van der Waals surface area contributed by atoms with Crippen molar-refractivity contribution in [3.05, 3.63) is 73.1 Å². The third kappa shape index (κ3) is 4.45. The standard InChI is InChI=1S/C25H21N3O8.C2H6/c1-25(2,3)36-17(29)9-8-12-13-6-4-5-7-16(13)26-19-14(12)10-27-21(19)20(28(33)34)18-15(23(27)31)11-35-24(32)22(18)30;1-2/h4-9,22,30H,10-11H2,1-3H3;1-2H3/b9-8+;. The SMILES string of the molecule is CC.CC(C)(C)OC(=O)/C=C/c1c2c(nc3ccccc13)-c1c([N+](=O)[O-])c3c(c(=O)n1C2)COC(=O)C3O. The van der Waals surface area contributed by atoms with Crippen LogP contribution in [0.5, 0.6) is 0 Å². The first-order valence-corrected chi connectivity index (χ1v) is 12.1. The zero-order valence-corrected chi connectivity index (χ0v) is 21.6. The molecule has 0 aliphatic carbocycles. The van der Waals surface area contributed by atoms with E-state index < -0.39 is 46.4 Å². The lowest BCUT2D eigenvalue weighted by Crippen LogP contribution is -2.33. The second-order valence-electron chi connectivity index (χ2n) is 9.48. The lowest BCUT2D eigenvalue weighted by Gasteiger charge is -2.21. The van der Waals surface area contributed by atoms with Gasteiger partial charge in [-0.05, 0) is 38.5 Å². The van der Waals surface area contributed by atoms with Crippen LogP contribution < -0.4 is 5.56 Å². The lowest BCUT2D eigenvalue weighted by molar-refractivity contribution is -0.385. The minimum Gasteiger partial charge on any atom is -0.458 e. The number of nitro groups is 1. The van der Waals surface area contributed by atoms with Gasteiger partial charge in [-0.15, -0.1) is 0 Å². The summed E-state index contributed by atoms with van der Waals surface area (Å²) in [6.07, 6.45) is 0.833. The van der Waals surface area contributed by atoms with E-state index in [0.717, 1.165) is 0 Å². The Bertz CT molecular complexity index is 1580. The van der Waals surface area contributed by atoms with Crippen LogP contribution in [0.3, 0.4) is 0 Å². The molecule has 0 radical (unpaired) electrons. The number of ether oxygens (including phenoxy) is 2. The molecule has 1 N–H and O–H groups in total. The van der Waals surface area contributed by atoms with Crippen LogP contribution in [0.25, 0.3) is 28.4 Å². The molecule has 0 fully saturated rings. The number of hydrogen-bond acceptors (Lipinski definition) is 9. The number of fused-ring (bicyclic) bond motifs is 5. The Balaban J connectivity index is 0.00000164. The summed E-state index contributed by atoms with van der Waals surface area (Å²) in [4.78, 5) is 53.8. The van der Waals surface area contributed by atoms with E-state index in [4.69, 9.17) is 9.47 Å². The predicted octanol–water partition coefficient (Wildman–Crippen LogP) is 3.80. The Kier molecular flexibility index (Phi) is 6.90. The molecule has 1 unspecified atom stereocenters. The van der Waals surface area contributed by atoms with Crippen LogP contribution in [0, 0.1) is 10.1 Å². The van der Waals surface area contributed by atoms with Crippen molar-refractivity contribution >= 4 is 34.6 Å². The second kappa shape index (κ2) is 9.82. The molecule has 0 bridgehead atoms. The van der Waals surface area contributed by atoms with Gasteiger partial charge in [0.2, 0.25) is 0 Å². The van der Waals surface area contributed by atoms with Gasteiger partial charge in [0.15, 0.2) is 6.10 Å². The molecule has 0 amide bonds. The van der Waals surface area contributed by atoms with Gasteiger partial charge in [-0.2, -0.15) is 0 Å². The number of para-hydroxylation sites is 1. The van der Waals surface area contributed by atoms with Crippen molar-refractivity contribution in [2.24, 2.45) is 0 Å². The number of pyridine rings is 2. The molecule has 11 heteroatoms. The quantitative estimate of drug-likeness (QED) is 0.184. The van der Waals surface area contributed by atoms with Gasteiger partial charge in [0.05, 0.1) is 28.1 Å². The van der Waals surface area contributed by atoms with E-state index in [1.807, 2.05) is 13.8 Å². The zero-order valence-electron chi connectivity index (χ0n) is 21.6. The summed E-state index contributed by atoms with van der Waals surface area (Å²) in [5, 5.41) is 23.3. The van der Waals surface area contributed by atoms with E-state index in [9.17, 15) is 29.6 Å². The van der Waals surface area contributed by atoms with Gasteiger partial charge in [0.1, 0.15) is 23.6 Å². The predicted molar refractivity (Wildman–Crippen MR) is 138 cm³/mol. The maximum absolute atomic E-state index is 13.3. The van der Waals surface area contributed by atoms with Gasteiger partial charge in [-0.3, -0.25) is 19.5 Å². The molecule has 4 heterocycles.